The number of hydrogen-bond donors (Lipinski definition) is 0. The Balaban J connectivity index is 2.16. The molecule has 5 heteroatoms. The van der Waals surface area contributed by atoms with Crippen LogP contribution in [0.15, 0.2) is 35.9 Å². The van der Waals surface area contributed by atoms with E-state index in [0.717, 1.165) is 6.42 Å². The SMILES string of the molecule is CCC=C(C)C(=O)N(C)C1CCN(c2ccccc2Cl)C1=O. The van der Waals surface area contributed by atoms with Crippen molar-refractivity contribution in [2.75, 3.05) is 18.5 Å². The number of anilines is 1. The number of para-hydroxylation sites is 1. The summed E-state index contributed by atoms with van der Waals surface area (Å²) in [6.45, 7) is 4.34. The summed E-state index contributed by atoms with van der Waals surface area (Å²) in [4.78, 5) is 28.2. The van der Waals surface area contributed by atoms with Crippen molar-refractivity contribution in [3.63, 3.8) is 0 Å². The van der Waals surface area contributed by atoms with Gasteiger partial charge in [0.1, 0.15) is 6.04 Å². The predicted octanol–water partition coefficient (Wildman–Crippen LogP) is 3.26. The quantitative estimate of drug-likeness (QED) is 0.799. The molecule has 0 N–H and O–H groups in total. The molecule has 1 unspecified atom stereocenters. The van der Waals surface area contributed by atoms with Crippen molar-refractivity contribution in [2.45, 2.75) is 32.7 Å². The van der Waals surface area contributed by atoms with Gasteiger partial charge in [-0.3, -0.25) is 9.59 Å². The third kappa shape index (κ3) is 3.17. The summed E-state index contributed by atoms with van der Waals surface area (Å²) in [5.74, 6) is -0.172. The van der Waals surface area contributed by atoms with E-state index in [-0.39, 0.29) is 11.8 Å². The highest BCUT2D eigenvalue weighted by atomic mass is 35.5. The van der Waals surface area contributed by atoms with Crippen LogP contribution >= 0.6 is 11.6 Å². The number of hydrogen-bond acceptors (Lipinski definition) is 2. The second-order valence-electron chi connectivity index (χ2n) is 5.46. The van der Waals surface area contributed by atoms with Gasteiger partial charge >= 0.3 is 0 Å². The van der Waals surface area contributed by atoms with E-state index in [9.17, 15) is 9.59 Å². The van der Waals surface area contributed by atoms with Crippen LogP contribution in [0.3, 0.4) is 0 Å². The van der Waals surface area contributed by atoms with Crippen molar-refractivity contribution in [1.82, 2.24) is 4.90 Å². The average molecular weight is 321 g/mol. The maximum absolute atomic E-state index is 12.6. The number of nitrogens with zero attached hydrogens (tertiary/aromatic N) is 2. The molecule has 22 heavy (non-hydrogen) atoms. The van der Waals surface area contributed by atoms with Crippen LogP contribution in [0.2, 0.25) is 5.02 Å². The van der Waals surface area contributed by atoms with Gasteiger partial charge in [-0.15, -0.1) is 0 Å². The Morgan fingerprint density at radius 3 is 2.77 bits per heavy atom. The lowest BCUT2D eigenvalue weighted by atomic mass is 10.1. The number of allylic oxidation sites excluding steroid dienone is 1. The van der Waals surface area contributed by atoms with Gasteiger partial charge in [-0.25, -0.2) is 0 Å². The molecule has 118 valence electrons. The van der Waals surface area contributed by atoms with E-state index < -0.39 is 6.04 Å². The summed E-state index contributed by atoms with van der Waals surface area (Å²) in [5, 5.41) is 0.549. The van der Waals surface area contributed by atoms with E-state index in [2.05, 4.69) is 0 Å². The van der Waals surface area contributed by atoms with Crippen LogP contribution in [0.4, 0.5) is 5.69 Å². The van der Waals surface area contributed by atoms with Crippen LogP contribution in [0.1, 0.15) is 26.7 Å². The summed E-state index contributed by atoms with van der Waals surface area (Å²) in [7, 11) is 1.69. The highest BCUT2D eigenvalue weighted by molar-refractivity contribution is 6.34. The third-order valence-corrected chi connectivity index (χ3v) is 4.28. The lowest BCUT2D eigenvalue weighted by Gasteiger charge is -2.24. The molecule has 4 nitrogen and oxygen atoms in total. The number of halogens is 1. The van der Waals surface area contributed by atoms with Crippen LogP contribution in [0.5, 0.6) is 0 Å². The maximum atomic E-state index is 12.6. The van der Waals surface area contributed by atoms with Gasteiger partial charge in [-0.05, 0) is 31.9 Å². The first-order chi connectivity index (χ1) is 10.5. The number of carbonyl (C=O) groups is 2. The van der Waals surface area contributed by atoms with Gasteiger partial charge in [0.15, 0.2) is 0 Å². The summed E-state index contributed by atoms with van der Waals surface area (Å²) in [5.41, 5.74) is 1.38. The predicted molar refractivity (Wildman–Crippen MR) is 89.0 cm³/mol. The Hall–Kier alpha value is -1.81. The Labute approximate surface area is 136 Å². The minimum atomic E-state index is -0.427. The zero-order valence-electron chi connectivity index (χ0n) is 13.2. The summed E-state index contributed by atoms with van der Waals surface area (Å²) < 4.78 is 0. The molecule has 1 aromatic rings. The number of amides is 2. The molecule has 0 radical (unpaired) electrons. The molecule has 2 amide bonds. The first-order valence-corrected chi connectivity index (χ1v) is 7.85. The number of benzene rings is 1. The molecular weight excluding hydrogens is 300 g/mol. The summed E-state index contributed by atoms with van der Waals surface area (Å²) >= 11 is 6.17. The monoisotopic (exact) mass is 320 g/mol. The molecule has 1 atom stereocenters. The third-order valence-electron chi connectivity index (χ3n) is 3.96. The van der Waals surface area contributed by atoms with E-state index in [1.807, 2.05) is 31.2 Å². The molecule has 0 spiro atoms. The largest absolute Gasteiger partial charge is 0.330 e. The molecule has 0 aromatic heterocycles. The smallest absolute Gasteiger partial charge is 0.249 e. The van der Waals surface area contributed by atoms with E-state index >= 15 is 0 Å². The minimum Gasteiger partial charge on any atom is -0.330 e. The van der Waals surface area contributed by atoms with Gasteiger partial charge < -0.3 is 9.80 Å². The van der Waals surface area contributed by atoms with Crippen molar-refractivity contribution in [3.05, 3.63) is 40.9 Å². The average Bonchev–Trinajstić information content (AvgIpc) is 2.88. The molecule has 1 fully saturated rings. The Kier molecular flexibility index (Phi) is 5.24. The Morgan fingerprint density at radius 2 is 2.14 bits per heavy atom. The molecule has 0 bridgehead atoms. The fraction of sp³-hybridized carbons (Fsp3) is 0.412. The highest BCUT2D eigenvalue weighted by Crippen LogP contribution is 2.30. The van der Waals surface area contributed by atoms with E-state index in [4.69, 9.17) is 11.6 Å². The fourth-order valence-corrected chi connectivity index (χ4v) is 2.99. The van der Waals surface area contributed by atoms with Crippen LogP contribution < -0.4 is 4.90 Å². The van der Waals surface area contributed by atoms with Crippen LogP contribution in [0, 0.1) is 0 Å². The van der Waals surface area contributed by atoms with Crippen LogP contribution in [0.25, 0.3) is 0 Å². The fourth-order valence-electron chi connectivity index (χ4n) is 2.75. The van der Waals surface area contributed by atoms with Crippen LogP contribution in [-0.2, 0) is 9.59 Å². The zero-order chi connectivity index (χ0) is 16.3. The number of likely N-dealkylation sites (N-methyl/N-ethyl adjacent to an activating group) is 1. The van der Waals surface area contributed by atoms with Crippen molar-refractivity contribution in [1.29, 1.82) is 0 Å². The lowest BCUT2D eigenvalue weighted by molar-refractivity contribution is -0.133. The minimum absolute atomic E-state index is 0.0757. The van der Waals surface area contributed by atoms with Crippen molar-refractivity contribution >= 4 is 29.1 Å². The summed E-state index contributed by atoms with van der Waals surface area (Å²) in [6, 6.07) is 6.85. The maximum Gasteiger partial charge on any atom is 0.249 e. The second kappa shape index (κ2) is 6.97. The van der Waals surface area contributed by atoms with E-state index in [1.165, 1.54) is 0 Å². The normalized spacial score (nSPS) is 18.7. The molecule has 0 aliphatic carbocycles. The van der Waals surface area contributed by atoms with Crippen LogP contribution in [-0.4, -0.2) is 36.3 Å². The highest BCUT2D eigenvalue weighted by Gasteiger charge is 2.37. The van der Waals surface area contributed by atoms with Gasteiger partial charge in [0, 0.05) is 19.2 Å². The van der Waals surface area contributed by atoms with Gasteiger partial charge in [0.2, 0.25) is 11.8 Å². The standard InChI is InChI=1S/C17H21ClN2O2/c1-4-7-12(2)16(21)19(3)15-10-11-20(17(15)22)14-9-6-5-8-13(14)18/h5-9,15H,4,10-11H2,1-3H3. The topological polar surface area (TPSA) is 40.6 Å². The van der Waals surface area contributed by atoms with Crippen molar-refractivity contribution in [2.24, 2.45) is 0 Å². The van der Waals surface area contributed by atoms with Gasteiger partial charge in [-0.2, -0.15) is 0 Å². The molecule has 2 rings (SSSR count). The van der Waals surface area contributed by atoms with E-state index in [1.54, 1.807) is 29.8 Å². The van der Waals surface area contributed by atoms with Gasteiger partial charge in [0.25, 0.3) is 0 Å². The number of carbonyl (C=O) groups excluding carboxylic acids is 2. The van der Waals surface area contributed by atoms with Gasteiger partial charge in [0.05, 0.1) is 10.7 Å². The first kappa shape index (κ1) is 16.6. The van der Waals surface area contributed by atoms with Crippen molar-refractivity contribution < 1.29 is 9.59 Å². The molecule has 0 saturated carbocycles. The lowest BCUT2D eigenvalue weighted by Crippen LogP contribution is -2.43. The first-order valence-electron chi connectivity index (χ1n) is 7.47. The van der Waals surface area contributed by atoms with Gasteiger partial charge in [-0.1, -0.05) is 36.7 Å². The molecule has 1 aromatic carbocycles. The molecular formula is C17H21ClN2O2. The molecule has 1 saturated heterocycles. The zero-order valence-corrected chi connectivity index (χ0v) is 13.9. The Morgan fingerprint density at radius 1 is 1.45 bits per heavy atom. The number of rotatable bonds is 4. The molecule has 1 heterocycles. The summed E-state index contributed by atoms with van der Waals surface area (Å²) in [6.07, 6.45) is 3.30. The molecule has 1 aliphatic rings. The second-order valence-corrected chi connectivity index (χ2v) is 5.86. The van der Waals surface area contributed by atoms with E-state index in [0.29, 0.717) is 29.2 Å². The van der Waals surface area contributed by atoms with Crippen molar-refractivity contribution in [3.8, 4) is 0 Å². The Bertz CT molecular complexity index is 612. The molecule has 1 aliphatic heterocycles.